The van der Waals surface area contributed by atoms with E-state index in [0.717, 1.165) is 10.9 Å². The Labute approximate surface area is 117 Å². The summed E-state index contributed by atoms with van der Waals surface area (Å²) in [5.74, 6) is -2.08. The Morgan fingerprint density at radius 2 is 2.14 bits per heavy atom. The molecule has 9 heteroatoms. The molecule has 9 nitrogen and oxygen atoms in total. The third kappa shape index (κ3) is 3.03. The van der Waals surface area contributed by atoms with Crippen molar-refractivity contribution in [1.29, 1.82) is 0 Å². The van der Waals surface area contributed by atoms with Crippen LogP contribution >= 0.6 is 0 Å². The van der Waals surface area contributed by atoms with Crippen molar-refractivity contribution < 1.29 is 19.6 Å². The molecule has 2 rings (SSSR count). The molecule has 1 aromatic heterocycles. The Morgan fingerprint density at radius 3 is 2.67 bits per heavy atom. The molecule has 0 aliphatic rings. The van der Waals surface area contributed by atoms with E-state index in [1.54, 1.807) is 12.1 Å². The fraction of sp³-hybridized carbons (Fsp3) is 0.0833. The van der Waals surface area contributed by atoms with Crippen molar-refractivity contribution in [3.63, 3.8) is 0 Å². The van der Waals surface area contributed by atoms with Crippen molar-refractivity contribution in [2.75, 3.05) is 0 Å². The van der Waals surface area contributed by atoms with Gasteiger partial charge in [-0.3, -0.25) is 19.6 Å². The van der Waals surface area contributed by atoms with Gasteiger partial charge in [-0.2, -0.15) is 5.10 Å². The Kier molecular flexibility index (Phi) is 3.65. The molecule has 0 radical (unpaired) electrons. The van der Waals surface area contributed by atoms with E-state index in [1.807, 2.05) is 0 Å². The largest absolute Gasteiger partial charge is 0.476 e. The van der Waals surface area contributed by atoms with Gasteiger partial charge < -0.3 is 10.8 Å². The fourth-order valence-corrected chi connectivity index (χ4v) is 1.79. The second kappa shape index (κ2) is 5.41. The van der Waals surface area contributed by atoms with Crippen molar-refractivity contribution in [3.8, 4) is 0 Å². The minimum atomic E-state index is -1.48. The topological polar surface area (TPSA) is 141 Å². The van der Waals surface area contributed by atoms with Crippen LogP contribution in [0.3, 0.4) is 0 Å². The van der Waals surface area contributed by atoms with Crippen LogP contribution in [0.4, 0.5) is 5.69 Å². The molecule has 21 heavy (non-hydrogen) atoms. The smallest absolute Gasteiger partial charge is 0.363 e. The molecular formula is C12H10N4O5. The van der Waals surface area contributed by atoms with Crippen molar-refractivity contribution in [2.45, 2.75) is 6.54 Å². The van der Waals surface area contributed by atoms with Crippen molar-refractivity contribution >= 4 is 17.6 Å². The maximum absolute atomic E-state index is 11.1. The summed E-state index contributed by atoms with van der Waals surface area (Å²) < 4.78 is 1.13. The van der Waals surface area contributed by atoms with E-state index in [2.05, 4.69) is 5.10 Å². The van der Waals surface area contributed by atoms with E-state index in [9.17, 15) is 19.7 Å². The van der Waals surface area contributed by atoms with Crippen molar-refractivity contribution in [2.24, 2.45) is 5.73 Å². The van der Waals surface area contributed by atoms with Gasteiger partial charge >= 0.3 is 11.7 Å². The molecule has 0 fully saturated rings. The van der Waals surface area contributed by atoms with Gasteiger partial charge in [0.15, 0.2) is 0 Å². The first-order chi connectivity index (χ1) is 9.88. The lowest BCUT2D eigenvalue weighted by Gasteiger charge is -2.03. The Hall–Kier alpha value is -3.23. The van der Waals surface area contributed by atoms with E-state index < -0.39 is 28.2 Å². The minimum Gasteiger partial charge on any atom is -0.476 e. The number of carboxylic acid groups (broad SMARTS) is 1. The lowest BCUT2D eigenvalue weighted by molar-refractivity contribution is -0.385. The van der Waals surface area contributed by atoms with Gasteiger partial charge in [-0.05, 0) is 17.7 Å². The number of hydrogen-bond acceptors (Lipinski definition) is 5. The van der Waals surface area contributed by atoms with E-state index in [4.69, 9.17) is 10.8 Å². The number of primary amides is 1. The number of benzene rings is 1. The fourth-order valence-electron chi connectivity index (χ4n) is 1.79. The van der Waals surface area contributed by atoms with Gasteiger partial charge in [-0.1, -0.05) is 12.1 Å². The van der Waals surface area contributed by atoms with Crippen LogP contribution in [0.1, 0.15) is 26.4 Å². The van der Waals surface area contributed by atoms with Gasteiger partial charge in [0.2, 0.25) is 11.6 Å². The van der Waals surface area contributed by atoms with Gasteiger partial charge in [0.25, 0.3) is 0 Å². The van der Waals surface area contributed by atoms with Gasteiger partial charge in [0.1, 0.15) is 6.20 Å². The molecular weight excluding hydrogens is 280 g/mol. The van der Waals surface area contributed by atoms with E-state index in [1.165, 1.54) is 12.1 Å². The van der Waals surface area contributed by atoms with Crippen LogP contribution < -0.4 is 5.73 Å². The SMILES string of the molecule is NC(=O)c1cccc(Cn2cc([N+](=O)[O-])c(C(=O)O)n2)c1. The summed E-state index contributed by atoms with van der Waals surface area (Å²) in [6, 6.07) is 6.31. The third-order valence-electron chi connectivity index (χ3n) is 2.70. The van der Waals surface area contributed by atoms with E-state index >= 15 is 0 Å². The summed E-state index contributed by atoms with van der Waals surface area (Å²) in [4.78, 5) is 31.9. The molecule has 1 amide bonds. The molecule has 108 valence electrons. The van der Waals surface area contributed by atoms with Crippen molar-refractivity contribution in [3.05, 3.63) is 57.4 Å². The summed E-state index contributed by atoms with van der Waals surface area (Å²) in [6.07, 6.45) is 1.03. The number of nitro groups is 1. The number of nitrogens with two attached hydrogens (primary N) is 1. The first-order valence-corrected chi connectivity index (χ1v) is 5.72. The zero-order valence-corrected chi connectivity index (χ0v) is 10.6. The average Bonchev–Trinajstić information content (AvgIpc) is 2.83. The van der Waals surface area contributed by atoms with Gasteiger partial charge in [-0.15, -0.1) is 0 Å². The number of carboxylic acids is 1. The van der Waals surface area contributed by atoms with Crippen LogP contribution in [0.2, 0.25) is 0 Å². The molecule has 0 saturated carbocycles. The predicted octanol–water partition coefficient (Wildman–Crippen LogP) is 0.637. The normalized spacial score (nSPS) is 10.3. The highest BCUT2D eigenvalue weighted by Gasteiger charge is 2.25. The number of aromatic carboxylic acids is 1. The Balaban J connectivity index is 2.34. The molecule has 0 bridgehead atoms. The Bertz CT molecular complexity index is 705. The molecule has 0 atom stereocenters. The summed E-state index contributed by atoms with van der Waals surface area (Å²) >= 11 is 0. The van der Waals surface area contributed by atoms with Crippen LogP contribution in [-0.2, 0) is 6.54 Å². The first-order valence-electron chi connectivity index (χ1n) is 5.72. The molecule has 0 saturated heterocycles. The number of hydrogen-bond donors (Lipinski definition) is 2. The monoisotopic (exact) mass is 290 g/mol. The molecule has 0 aliphatic carbocycles. The third-order valence-corrected chi connectivity index (χ3v) is 2.70. The van der Waals surface area contributed by atoms with Crippen LogP contribution in [0.25, 0.3) is 0 Å². The lowest BCUT2D eigenvalue weighted by Crippen LogP contribution is -2.11. The standard InChI is InChI=1S/C12H10N4O5/c13-11(17)8-3-1-2-7(4-8)5-15-6-9(16(20)21)10(14-15)12(18)19/h1-4,6H,5H2,(H2,13,17)(H,18,19). The van der Waals surface area contributed by atoms with Gasteiger partial charge in [0, 0.05) is 5.56 Å². The number of nitrogens with zero attached hydrogens (tertiary/aromatic N) is 3. The average molecular weight is 290 g/mol. The molecule has 0 spiro atoms. The molecule has 1 aromatic carbocycles. The zero-order valence-electron chi connectivity index (χ0n) is 10.6. The van der Waals surface area contributed by atoms with E-state index in [-0.39, 0.29) is 12.1 Å². The summed E-state index contributed by atoms with van der Waals surface area (Å²) in [5, 5.41) is 23.3. The molecule has 2 aromatic rings. The van der Waals surface area contributed by atoms with Crippen LogP contribution in [0, 0.1) is 10.1 Å². The molecule has 0 unspecified atom stereocenters. The summed E-state index contributed by atoms with van der Waals surface area (Å²) in [5.41, 5.74) is 4.83. The van der Waals surface area contributed by atoms with Crippen molar-refractivity contribution in [1.82, 2.24) is 9.78 Å². The second-order valence-corrected chi connectivity index (χ2v) is 4.19. The summed E-state index contributed by atoms with van der Waals surface area (Å²) in [6.45, 7) is 0.0786. The molecule has 3 N–H and O–H groups in total. The van der Waals surface area contributed by atoms with Crippen LogP contribution in [-0.4, -0.2) is 31.7 Å². The number of aromatic nitrogens is 2. The highest BCUT2D eigenvalue weighted by Crippen LogP contribution is 2.17. The van der Waals surface area contributed by atoms with Gasteiger partial charge in [-0.25, -0.2) is 4.79 Å². The second-order valence-electron chi connectivity index (χ2n) is 4.19. The number of rotatable bonds is 5. The van der Waals surface area contributed by atoms with Crippen LogP contribution in [0.5, 0.6) is 0 Å². The molecule has 1 heterocycles. The molecule has 0 aliphatic heterocycles. The van der Waals surface area contributed by atoms with Crippen LogP contribution in [0.15, 0.2) is 30.5 Å². The maximum Gasteiger partial charge on any atom is 0.363 e. The predicted molar refractivity (Wildman–Crippen MR) is 69.9 cm³/mol. The Morgan fingerprint density at radius 1 is 1.43 bits per heavy atom. The zero-order chi connectivity index (χ0) is 15.6. The highest BCUT2D eigenvalue weighted by atomic mass is 16.6. The highest BCUT2D eigenvalue weighted by molar-refractivity contribution is 5.92. The minimum absolute atomic E-state index is 0.0786. The first kappa shape index (κ1) is 14.2. The lowest BCUT2D eigenvalue weighted by atomic mass is 10.1. The summed E-state index contributed by atoms with van der Waals surface area (Å²) in [7, 11) is 0. The van der Waals surface area contributed by atoms with Gasteiger partial charge in [0.05, 0.1) is 11.5 Å². The van der Waals surface area contributed by atoms with E-state index in [0.29, 0.717) is 5.56 Å². The number of amides is 1. The number of carbonyl (C=O) groups excluding carboxylic acids is 1. The quantitative estimate of drug-likeness (QED) is 0.611. The maximum atomic E-state index is 11.1. The number of carbonyl (C=O) groups is 2.